The van der Waals surface area contributed by atoms with Crippen molar-refractivity contribution >= 4 is 31.2 Å². The van der Waals surface area contributed by atoms with Gasteiger partial charge in [-0.2, -0.15) is 0 Å². The van der Waals surface area contributed by atoms with Crippen LogP contribution in [-0.2, 0) is 22.1 Å². The summed E-state index contributed by atoms with van der Waals surface area (Å²) in [7, 11) is -4.56. The van der Waals surface area contributed by atoms with E-state index in [-0.39, 0.29) is 6.61 Å². The third-order valence-corrected chi connectivity index (χ3v) is 7.23. The van der Waals surface area contributed by atoms with Crippen LogP contribution in [0.2, 0.25) is 5.02 Å². The first kappa shape index (κ1) is 26.8. The summed E-state index contributed by atoms with van der Waals surface area (Å²) in [6, 6.07) is 23.8. The lowest BCUT2D eigenvalue weighted by Gasteiger charge is -2.28. The van der Waals surface area contributed by atoms with E-state index in [1.807, 2.05) is 79.7 Å². The van der Waals surface area contributed by atoms with Crippen LogP contribution in [0.3, 0.4) is 0 Å². The van der Waals surface area contributed by atoms with Crippen LogP contribution < -0.4 is 10.5 Å². The molecule has 0 bridgehead atoms. The number of rotatable bonds is 12. The van der Waals surface area contributed by atoms with Gasteiger partial charge in [-0.3, -0.25) is 4.52 Å². The zero-order chi connectivity index (χ0) is 24.6. The third kappa shape index (κ3) is 8.75. The lowest BCUT2D eigenvalue weighted by molar-refractivity contribution is 0.144. The fourth-order valence-corrected chi connectivity index (χ4v) is 4.92. The molecule has 0 unspecified atom stereocenters. The normalized spacial score (nSPS) is 13.4. The molecule has 0 saturated carbocycles. The van der Waals surface area contributed by atoms with Crippen molar-refractivity contribution in [1.29, 1.82) is 0 Å². The van der Waals surface area contributed by atoms with Crippen LogP contribution >= 0.6 is 31.2 Å². The minimum absolute atomic E-state index is 0.220. The van der Waals surface area contributed by atoms with Crippen molar-refractivity contribution in [2.75, 3.05) is 6.61 Å². The molecule has 3 aromatic rings. The van der Waals surface area contributed by atoms with Crippen LogP contribution in [0.4, 0.5) is 0 Å². The highest BCUT2D eigenvalue weighted by Gasteiger charge is 2.27. The molecular formula is C25H29ClNO5PS. The topological polar surface area (TPSA) is 102 Å². The van der Waals surface area contributed by atoms with Gasteiger partial charge in [-0.1, -0.05) is 72.8 Å². The summed E-state index contributed by atoms with van der Waals surface area (Å²) in [5.41, 5.74) is 7.47. The van der Waals surface area contributed by atoms with Gasteiger partial charge < -0.3 is 20.3 Å². The number of nitrogens with two attached hydrogens (primary N) is 1. The molecule has 4 N–H and O–H groups in total. The van der Waals surface area contributed by atoms with E-state index in [1.54, 1.807) is 11.8 Å². The predicted octanol–water partition coefficient (Wildman–Crippen LogP) is 6.22. The quantitative estimate of drug-likeness (QED) is 0.243. The summed E-state index contributed by atoms with van der Waals surface area (Å²) in [5, 5.41) is 0.621. The van der Waals surface area contributed by atoms with Gasteiger partial charge in [0.15, 0.2) is 0 Å². The Morgan fingerprint density at radius 3 is 2.44 bits per heavy atom. The van der Waals surface area contributed by atoms with Crippen molar-refractivity contribution in [3.05, 3.63) is 88.9 Å². The van der Waals surface area contributed by atoms with Crippen molar-refractivity contribution < 1.29 is 23.6 Å². The first-order chi connectivity index (χ1) is 16.2. The molecule has 0 heterocycles. The number of phosphoric ester groups is 1. The molecule has 0 saturated heterocycles. The summed E-state index contributed by atoms with van der Waals surface area (Å²) in [4.78, 5) is 19.9. The molecule has 0 aliphatic carbocycles. The van der Waals surface area contributed by atoms with Crippen LogP contribution in [0, 0.1) is 0 Å². The Kier molecular flexibility index (Phi) is 9.63. The van der Waals surface area contributed by atoms with Gasteiger partial charge >= 0.3 is 7.82 Å². The molecule has 1 atom stereocenters. The molecule has 0 amide bonds. The molecule has 0 aromatic heterocycles. The Bertz CT molecular complexity index is 1130. The average molecular weight is 522 g/mol. The van der Waals surface area contributed by atoms with Crippen LogP contribution in [0.5, 0.6) is 5.75 Å². The van der Waals surface area contributed by atoms with Crippen LogP contribution in [0.1, 0.15) is 30.9 Å². The summed E-state index contributed by atoms with van der Waals surface area (Å²) >= 11 is 8.12. The summed E-state index contributed by atoms with van der Waals surface area (Å²) in [6.45, 7) is 2.15. The molecule has 182 valence electrons. The molecule has 0 radical (unpaired) electrons. The molecule has 0 fully saturated rings. The highest BCUT2D eigenvalue weighted by atomic mass is 35.5. The summed E-state index contributed by atoms with van der Waals surface area (Å²) in [5.74, 6) is 0.799. The van der Waals surface area contributed by atoms with E-state index in [2.05, 4.69) is 4.52 Å². The van der Waals surface area contributed by atoms with Gasteiger partial charge in [0.05, 0.1) is 6.61 Å². The fraction of sp³-hybridized carbons (Fsp3) is 0.280. The van der Waals surface area contributed by atoms with Crippen LogP contribution in [-0.4, -0.2) is 21.9 Å². The van der Waals surface area contributed by atoms with E-state index in [0.717, 1.165) is 26.7 Å². The predicted molar refractivity (Wildman–Crippen MR) is 136 cm³/mol. The molecule has 3 aromatic carbocycles. The van der Waals surface area contributed by atoms with E-state index >= 15 is 0 Å². The van der Waals surface area contributed by atoms with E-state index < -0.39 is 13.4 Å². The maximum atomic E-state index is 11.0. The lowest BCUT2D eigenvalue weighted by Crippen LogP contribution is -2.44. The molecule has 6 nitrogen and oxygen atoms in total. The smallest absolute Gasteiger partial charge is 0.469 e. The largest absolute Gasteiger partial charge is 0.489 e. The minimum Gasteiger partial charge on any atom is -0.489 e. The first-order valence-corrected chi connectivity index (χ1v) is 13.6. The maximum Gasteiger partial charge on any atom is 0.469 e. The van der Waals surface area contributed by atoms with Gasteiger partial charge in [0.2, 0.25) is 0 Å². The minimum atomic E-state index is -4.56. The Hall–Kier alpha value is -1.83. The molecule has 3 rings (SSSR count). The van der Waals surface area contributed by atoms with Crippen molar-refractivity contribution in [1.82, 2.24) is 0 Å². The van der Waals surface area contributed by atoms with Crippen LogP contribution in [0.15, 0.2) is 82.6 Å². The van der Waals surface area contributed by atoms with E-state index in [4.69, 9.17) is 31.9 Å². The molecule has 0 aliphatic rings. The molecule has 34 heavy (non-hydrogen) atoms. The Balaban J connectivity index is 1.59. The summed E-state index contributed by atoms with van der Waals surface area (Å²) < 4.78 is 21.6. The SMILES string of the molecule is CC[C@@](N)(CCc1ccc(Sc2cccc(OCc3ccccc3)c2)cc1Cl)COP(=O)(O)O. The van der Waals surface area contributed by atoms with E-state index in [9.17, 15) is 4.57 Å². The van der Waals surface area contributed by atoms with Gasteiger partial charge in [-0.25, -0.2) is 4.57 Å². The summed E-state index contributed by atoms with van der Waals surface area (Å²) in [6.07, 6.45) is 1.57. The highest BCUT2D eigenvalue weighted by Crippen LogP contribution is 2.38. The second-order valence-corrected chi connectivity index (χ2v) is 10.9. The van der Waals surface area contributed by atoms with Gasteiger partial charge in [0.1, 0.15) is 12.4 Å². The highest BCUT2D eigenvalue weighted by molar-refractivity contribution is 7.99. The number of benzene rings is 3. The first-order valence-electron chi connectivity index (χ1n) is 10.9. The molecule has 0 spiro atoms. The molecule has 0 aliphatic heterocycles. The fourth-order valence-electron chi connectivity index (χ4n) is 3.25. The Morgan fingerprint density at radius 1 is 1.03 bits per heavy atom. The average Bonchev–Trinajstić information content (AvgIpc) is 2.81. The van der Waals surface area contributed by atoms with Crippen molar-refractivity contribution in [3.63, 3.8) is 0 Å². The maximum absolute atomic E-state index is 11.0. The Labute approximate surface area is 209 Å². The Morgan fingerprint density at radius 2 is 1.76 bits per heavy atom. The van der Waals surface area contributed by atoms with Gasteiger partial charge in [-0.05, 0) is 60.7 Å². The number of ether oxygens (including phenoxy) is 1. The second kappa shape index (κ2) is 12.2. The van der Waals surface area contributed by atoms with Gasteiger partial charge in [-0.15, -0.1) is 0 Å². The van der Waals surface area contributed by atoms with Crippen molar-refractivity contribution in [3.8, 4) is 5.75 Å². The molecule has 9 heteroatoms. The number of aryl methyl sites for hydroxylation is 1. The third-order valence-electron chi connectivity index (χ3n) is 5.43. The molecular weight excluding hydrogens is 493 g/mol. The monoisotopic (exact) mass is 521 g/mol. The van der Waals surface area contributed by atoms with Gasteiger partial charge in [0.25, 0.3) is 0 Å². The number of phosphoric acid groups is 1. The zero-order valence-electron chi connectivity index (χ0n) is 18.9. The van der Waals surface area contributed by atoms with Crippen molar-refractivity contribution in [2.45, 2.75) is 48.1 Å². The van der Waals surface area contributed by atoms with Crippen LogP contribution in [0.25, 0.3) is 0 Å². The number of hydrogen-bond donors (Lipinski definition) is 3. The van der Waals surface area contributed by atoms with E-state index in [0.29, 0.717) is 30.9 Å². The lowest BCUT2D eigenvalue weighted by atomic mass is 9.90. The zero-order valence-corrected chi connectivity index (χ0v) is 21.4. The van der Waals surface area contributed by atoms with Gasteiger partial charge in [0, 0.05) is 20.4 Å². The standard InChI is InChI=1S/C25H29ClNO5PS/c1-2-25(27,18-32-33(28,29)30)14-13-20-11-12-23(16-24(20)26)34-22-10-6-9-21(15-22)31-17-19-7-4-3-5-8-19/h3-12,15-16H,2,13-14,17-18,27H2,1H3,(H2,28,29,30)/t25-/m1/s1. The number of hydrogen-bond acceptors (Lipinski definition) is 5. The number of halogens is 1. The van der Waals surface area contributed by atoms with Crippen molar-refractivity contribution in [2.24, 2.45) is 5.73 Å². The second-order valence-electron chi connectivity index (χ2n) is 8.08. The van der Waals surface area contributed by atoms with E-state index in [1.165, 1.54) is 0 Å².